The highest BCUT2D eigenvalue weighted by Gasteiger charge is 2.38. The van der Waals surface area contributed by atoms with Crippen molar-refractivity contribution >= 4 is 29.9 Å². The molecule has 1 amide bonds. The van der Waals surface area contributed by atoms with E-state index in [-0.39, 0.29) is 24.9 Å². The Kier molecular flexibility index (Phi) is 4.49. The number of rotatable bonds is 2. The highest BCUT2D eigenvalue weighted by Crippen LogP contribution is 2.40. The number of ketones is 2. The maximum Gasteiger partial charge on any atom is 0.237 e. The van der Waals surface area contributed by atoms with E-state index in [9.17, 15) is 14.4 Å². The molecule has 4 rings (SSSR count). The molecule has 6 nitrogen and oxygen atoms in total. The van der Waals surface area contributed by atoms with E-state index in [1.165, 1.54) is 0 Å². The zero-order valence-electron chi connectivity index (χ0n) is 13.6. The van der Waals surface area contributed by atoms with E-state index in [0.29, 0.717) is 47.7 Å². The van der Waals surface area contributed by atoms with E-state index in [0.717, 1.165) is 5.56 Å². The summed E-state index contributed by atoms with van der Waals surface area (Å²) in [6, 6.07) is 7.02. The summed E-state index contributed by atoms with van der Waals surface area (Å²) in [7, 11) is 1.60. The Bertz CT molecular complexity index is 887. The fourth-order valence-corrected chi connectivity index (χ4v) is 3.42. The van der Waals surface area contributed by atoms with Gasteiger partial charge in [-0.2, -0.15) is 0 Å². The molecule has 1 aromatic carbocycles. The average Bonchev–Trinajstić information content (AvgIpc) is 2.98. The second kappa shape index (κ2) is 6.46. The van der Waals surface area contributed by atoms with Crippen LogP contribution >= 0.6 is 12.4 Å². The number of Topliss-reactive ketones (excluding diaryl/α,β-unsaturated/α-hetero) is 2. The second-order valence-electron chi connectivity index (χ2n) is 6.05. The van der Waals surface area contributed by atoms with Gasteiger partial charge in [0.15, 0.2) is 0 Å². The number of halogens is 1. The van der Waals surface area contributed by atoms with Gasteiger partial charge >= 0.3 is 0 Å². The van der Waals surface area contributed by atoms with E-state index >= 15 is 0 Å². The van der Waals surface area contributed by atoms with Crippen molar-refractivity contribution in [2.45, 2.75) is 13.0 Å². The van der Waals surface area contributed by atoms with E-state index in [1.54, 1.807) is 25.2 Å². The first kappa shape index (κ1) is 17.4. The molecule has 0 fully saturated rings. The van der Waals surface area contributed by atoms with Gasteiger partial charge in [0.05, 0.1) is 18.7 Å². The van der Waals surface area contributed by atoms with Crippen molar-refractivity contribution in [1.82, 2.24) is 10.2 Å². The number of likely N-dealkylation sites (N-methyl/N-ethyl adjacent to an activating group) is 1. The van der Waals surface area contributed by atoms with E-state index in [2.05, 4.69) is 5.32 Å². The Morgan fingerprint density at radius 3 is 2.64 bits per heavy atom. The summed E-state index contributed by atoms with van der Waals surface area (Å²) < 4.78 is 5.97. The summed E-state index contributed by atoms with van der Waals surface area (Å²) in [5.74, 6) is 0.129. The molecule has 2 aromatic rings. The minimum Gasteiger partial charge on any atom is -0.459 e. The molecule has 1 aliphatic carbocycles. The highest BCUT2D eigenvalue weighted by atomic mass is 35.5. The van der Waals surface area contributed by atoms with Crippen LogP contribution in [0.3, 0.4) is 0 Å². The zero-order chi connectivity index (χ0) is 16.8. The average molecular weight is 361 g/mol. The summed E-state index contributed by atoms with van der Waals surface area (Å²) in [6.07, 6.45) is 0.590. The predicted molar refractivity (Wildman–Crippen MR) is 93.1 cm³/mol. The molecule has 130 valence electrons. The molecule has 0 radical (unpaired) electrons. The maximum absolute atomic E-state index is 12.5. The Morgan fingerprint density at radius 2 is 1.92 bits per heavy atom. The number of nitrogens with one attached hydrogen (secondary N) is 1. The Hall–Kier alpha value is -2.44. The van der Waals surface area contributed by atoms with Gasteiger partial charge in [0.1, 0.15) is 11.5 Å². The Morgan fingerprint density at radius 1 is 1.20 bits per heavy atom. The summed E-state index contributed by atoms with van der Waals surface area (Å²) in [6.45, 7) is 1.39. The van der Waals surface area contributed by atoms with Gasteiger partial charge in [0, 0.05) is 30.3 Å². The van der Waals surface area contributed by atoms with Gasteiger partial charge in [0.2, 0.25) is 17.5 Å². The lowest BCUT2D eigenvalue weighted by atomic mass is 9.85. The molecule has 2 heterocycles. The SMILES string of the molecule is CNC(=O)CN1CCc2c(oc3c2C(=O)C(=O)c2ccccc2-3)C1.Cl. The van der Waals surface area contributed by atoms with E-state index < -0.39 is 11.6 Å². The molecule has 0 atom stereocenters. The lowest BCUT2D eigenvalue weighted by Crippen LogP contribution is -2.38. The first-order valence-electron chi connectivity index (χ1n) is 7.86. The number of furan rings is 1. The van der Waals surface area contributed by atoms with Crippen LogP contribution in [-0.2, 0) is 17.8 Å². The minimum absolute atomic E-state index is 0. The number of carbonyl (C=O) groups is 3. The number of hydrogen-bond donors (Lipinski definition) is 1. The smallest absolute Gasteiger partial charge is 0.237 e. The van der Waals surface area contributed by atoms with Gasteiger partial charge in [-0.15, -0.1) is 12.4 Å². The Balaban J connectivity index is 0.00000182. The first-order chi connectivity index (χ1) is 11.6. The molecule has 0 bridgehead atoms. The molecule has 0 unspecified atom stereocenters. The van der Waals surface area contributed by atoms with Gasteiger partial charge in [-0.3, -0.25) is 19.3 Å². The Labute approximate surface area is 150 Å². The summed E-state index contributed by atoms with van der Waals surface area (Å²) >= 11 is 0. The predicted octanol–water partition coefficient (Wildman–Crippen LogP) is 1.85. The molecule has 1 aromatic heterocycles. The number of benzene rings is 1. The lowest BCUT2D eigenvalue weighted by Gasteiger charge is -2.25. The maximum atomic E-state index is 12.5. The van der Waals surface area contributed by atoms with Crippen molar-refractivity contribution in [2.24, 2.45) is 0 Å². The molecule has 0 saturated carbocycles. The van der Waals surface area contributed by atoms with Crippen LogP contribution in [-0.4, -0.2) is 42.5 Å². The number of fused-ring (bicyclic) bond motifs is 5. The molecule has 1 aliphatic heterocycles. The fraction of sp³-hybridized carbons (Fsp3) is 0.278. The van der Waals surface area contributed by atoms with Gasteiger partial charge in [-0.1, -0.05) is 24.3 Å². The van der Waals surface area contributed by atoms with Crippen LogP contribution in [0.2, 0.25) is 0 Å². The first-order valence-corrected chi connectivity index (χ1v) is 7.86. The second-order valence-corrected chi connectivity index (χ2v) is 6.05. The van der Waals surface area contributed by atoms with Gasteiger partial charge < -0.3 is 9.73 Å². The molecule has 7 heteroatoms. The van der Waals surface area contributed by atoms with Crippen LogP contribution in [0.25, 0.3) is 11.3 Å². The molecule has 1 N–H and O–H groups in total. The molecule has 0 spiro atoms. The van der Waals surface area contributed by atoms with Crippen LogP contribution in [0.1, 0.15) is 32.0 Å². The quantitative estimate of drug-likeness (QED) is 0.827. The van der Waals surface area contributed by atoms with E-state index in [1.807, 2.05) is 11.0 Å². The van der Waals surface area contributed by atoms with Crippen molar-refractivity contribution in [2.75, 3.05) is 20.1 Å². The van der Waals surface area contributed by atoms with Crippen molar-refractivity contribution in [3.63, 3.8) is 0 Å². The van der Waals surface area contributed by atoms with Gasteiger partial charge in [0.25, 0.3) is 0 Å². The van der Waals surface area contributed by atoms with Crippen LogP contribution < -0.4 is 5.32 Å². The number of carbonyl (C=O) groups excluding carboxylic acids is 3. The third kappa shape index (κ3) is 2.67. The molecule has 2 aliphatic rings. The van der Waals surface area contributed by atoms with Crippen molar-refractivity contribution in [1.29, 1.82) is 0 Å². The molecular formula is C18H17ClN2O4. The lowest BCUT2D eigenvalue weighted by molar-refractivity contribution is -0.122. The van der Waals surface area contributed by atoms with E-state index in [4.69, 9.17) is 4.42 Å². The van der Waals surface area contributed by atoms with Crippen LogP contribution in [0.5, 0.6) is 0 Å². The largest absolute Gasteiger partial charge is 0.459 e. The minimum atomic E-state index is -0.492. The monoisotopic (exact) mass is 360 g/mol. The third-order valence-corrected chi connectivity index (χ3v) is 4.63. The molecular weight excluding hydrogens is 344 g/mol. The zero-order valence-corrected chi connectivity index (χ0v) is 14.4. The van der Waals surface area contributed by atoms with Crippen molar-refractivity contribution < 1.29 is 18.8 Å². The summed E-state index contributed by atoms with van der Waals surface area (Å²) in [5.41, 5.74) is 2.28. The molecule has 0 saturated heterocycles. The number of nitrogens with zero attached hydrogens (tertiary/aromatic N) is 1. The number of amides is 1. The summed E-state index contributed by atoms with van der Waals surface area (Å²) in [4.78, 5) is 38.4. The topological polar surface area (TPSA) is 79.6 Å². The summed E-state index contributed by atoms with van der Waals surface area (Å²) in [5, 5.41) is 2.60. The number of hydrogen-bond acceptors (Lipinski definition) is 5. The van der Waals surface area contributed by atoms with Gasteiger partial charge in [-0.05, 0) is 6.42 Å². The normalized spacial score (nSPS) is 15.7. The molecule has 25 heavy (non-hydrogen) atoms. The van der Waals surface area contributed by atoms with Gasteiger partial charge in [-0.25, -0.2) is 0 Å². The van der Waals surface area contributed by atoms with Crippen LogP contribution in [0.15, 0.2) is 28.7 Å². The van der Waals surface area contributed by atoms with Crippen LogP contribution in [0.4, 0.5) is 0 Å². The standard InChI is InChI=1S/C18H16N2O4.ClH/c1-19-14(21)9-20-7-6-12-13(8-20)24-18-11-5-3-2-4-10(11)16(22)17(23)15(12)18;/h2-5H,6-9H2,1H3,(H,19,21);1H. The fourth-order valence-electron chi connectivity index (χ4n) is 3.42. The van der Waals surface area contributed by atoms with Crippen molar-refractivity contribution in [3.05, 3.63) is 46.7 Å². The highest BCUT2D eigenvalue weighted by molar-refractivity contribution is 6.53. The van der Waals surface area contributed by atoms with Crippen LogP contribution in [0, 0.1) is 0 Å². The van der Waals surface area contributed by atoms with Crippen molar-refractivity contribution in [3.8, 4) is 11.3 Å². The third-order valence-electron chi connectivity index (χ3n) is 4.63.